The zero-order valence-electron chi connectivity index (χ0n) is 17.3. The number of thiazole rings is 1. The number of alkyl carbamates (subject to hydrolysis) is 1. The fourth-order valence-corrected chi connectivity index (χ4v) is 3.54. The molecule has 7 nitrogen and oxygen atoms in total. The molecule has 0 atom stereocenters. The molecular weight excluding hydrogens is 414 g/mol. The summed E-state index contributed by atoms with van der Waals surface area (Å²) in [5, 5.41) is 7.87. The molecule has 31 heavy (non-hydrogen) atoms. The molecule has 0 bridgehead atoms. The average Bonchev–Trinajstić information content (AvgIpc) is 3.25. The minimum atomic E-state index is -0.498. The Hall–Kier alpha value is -3.39. The topological polar surface area (TPSA) is 89.6 Å². The molecule has 1 aromatic heterocycles. The van der Waals surface area contributed by atoms with Crippen LogP contribution in [0.4, 0.5) is 9.93 Å². The number of hydrogen-bond donors (Lipinski definition) is 2. The molecule has 3 aromatic rings. The van der Waals surface area contributed by atoms with Crippen molar-refractivity contribution < 1.29 is 19.1 Å². The standard InChI is InChI=1S/C23H25N3O4S/c1-2-29-20-12-7-6-11-18(20)19-16-31-22(25-19)26-21(27)13-8-14-24-23(28)30-15-17-9-4-3-5-10-17/h3-7,9-12,16H,2,8,13-15H2,1H3,(H,24,28)(H,25,26,27). The molecular formula is C23H25N3O4S. The molecule has 2 aromatic carbocycles. The van der Waals surface area contributed by atoms with Crippen LogP contribution in [0.1, 0.15) is 25.3 Å². The zero-order chi connectivity index (χ0) is 21.9. The molecule has 0 unspecified atom stereocenters. The molecule has 0 aliphatic rings. The van der Waals surface area contributed by atoms with Gasteiger partial charge in [0.15, 0.2) is 5.13 Å². The molecule has 8 heteroatoms. The number of carbonyl (C=O) groups is 2. The number of aromatic nitrogens is 1. The molecule has 0 spiro atoms. The van der Waals surface area contributed by atoms with Gasteiger partial charge in [0, 0.05) is 23.9 Å². The van der Waals surface area contributed by atoms with Crippen LogP contribution in [0.15, 0.2) is 60.0 Å². The van der Waals surface area contributed by atoms with E-state index < -0.39 is 6.09 Å². The zero-order valence-corrected chi connectivity index (χ0v) is 18.1. The van der Waals surface area contributed by atoms with Crippen molar-refractivity contribution in [3.8, 4) is 17.0 Å². The lowest BCUT2D eigenvalue weighted by Gasteiger charge is -2.07. The Kier molecular flexibility index (Phi) is 8.42. The third kappa shape index (κ3) is 7.11. The van der Waals surface area contributed by atoms with Gasteiger partial charge < -0.3 is 20.1 Å². The van der Waals surface area contributed by atoms with E-state index in [4.69, 9.17) is 9.47 Å². The molecule has 0 saturated heterocycles. The van der Waals surface area contributed by atoms with Gasteiger partial charge >= 0.3 is 6.09 Å². The summed E-state index contributed by atoms with van der Waals surface area (Å²) in [6.07, 6.45) is 0.267. The second kappa shape index (κ2) is 11.7. The number of nitrogens with one attached hydrogen (secondary N) is 2. The number of rotatable bonds is 10. The van der Waals surface area contributed by atoms with E-state index in [1.54, 1.807) is 0 Å². The maximum absolute atomic E-state index is 12.2. The van der Waals surface area contributed by atoms with Crippen molar-refractivity contribution in [3.63, 3.8) is 0 Å². The highest BCUT2D eigenvalue weighted by molar-refractivity contribution is 7.14. The maximum Gasteiger partial charge on any atom is 0.407 e. The van der Waals surface area contributed by atoms with Gasteiger partial charge in [0.2, 0.25) is 5.91 Å². The minimum Gasteiger partial charge on any atom is -0.493 e. The molecule has 2 N–H and O–H groups in total. The van der Waals surface area contributed by atoms with E-state index in [2.05, 4.69) is 15.6 Å². The van der Waals surface area contributed by atoms with Crippen LogP contribution < -0.4 is 15.4 Å². The smallest absolute Gasteiger partial charge is 0.407 e. The van der Waals surface area contributed by atoms with Crippen LogP contribution in [-0.4, -0.2) is 30.1 Å². The Labute approximate surface area is 185 Å². The molecule has 0 aliphatic carbocycles. The summed E-state index contributed by atoms with van der Waals surface area (Å²) in [6, 6.07) is 17.1. The Morgan fingerprint density at radius 1 is 1.06 bits per heavy atom. The van der Waals surface area contributed by atoms with Gasteiger partial charge in [0.25, 0.3) is 0 Å². The molecule has 3 rings (SSSR count). The van der Waals surface area contributed by atoms with Crippen LogP contribution in [0.2, 0.25) is 0 Å². The van der Waals surface area contributed by atoms with E-state index in [0.717, 1.165) is 22.6 Å². The average molecular weight is 440 g/mol. The van der Waals surface area contributed by atoms with Gasteiger partial charge in [-0.05, 0) is 31.0 Å². The number of ether oxygens (including phenoxy) is 2. The van der Waals surface area contributed by atoms with Crippen LogP contribution >= 0.6 is 11.3 Å². The molecule has 0 aliphatic heterocycles. The summed E-state index contributed by atoms with van der Waals surface area (Å²) in [7, 11) is 0. The van der Waals surface area contributed by atoms with Gasteiger partial charge in [0.05, 0.1) is 12.3 Å². The number of nitrogens with zero attached hydrogens (tertiary/aromatic N) is 1. The van der Waals surface area contributed by atoms with E-state index in [-0.39, 0.29) is 18.9 Å². The highest BCUT2D eigenvalue weighted by Gasteiger charge is 2.12. The molecule has 1 heterocycles. The van der Waals surface area contributed by atoms with Gasteiger partial charge in [-0.25, -0.2) is 9.78 Å². The van der Waals surface area contributed by atoms with Gasteiger partial charge in [-0.1, -0.05) is 42.5 Å². The Balaban J connectivity index is 1.38. The summed E-state index contributed by atoms with van der Waals surface area (Å²) in [4.78, 5) is 28.4. The van der Waals surface area contributed by atoms with Crippen LogP contribution in [0, 0.1) is 0 Å². The Morgan fingerprint density at radius 3 is 2.65 bits per heavy atom. The molecule has 2 amide bonds. The van der Waals surface area contributed by atoms with Crippen LogP contribution in [0.5, 0.6) is 5.75 Å². The minimum absolute atomic E-state index is 0.154. The summed E-state index contributed by atoms with van der Waals surface area (Å²) >= 11 is 1.36. The van der Waals surface area contributed by atoms with Crippen molar-refractivity contribution in [1.82, 2.24) is 10.3 Å². The lowest BCUT2D eigenvalue weighted by atomic mass is 10.1. The molecule has 162 valence electrons. The normalized spacial score (nSPS) is 10.4. The van der Waals surface area contributed by atoms with Gasteiger partial charge in [-0.3, -0.25) is 4.79 Å². The number of benzene rings is 2. The predicted molar refractivity (Wildman–Crippen MR) is 121 cm³/mol. The highest BCUT2D eigenvalue weighted by Crippen LogP contribution is 2.32. The van der Waals surface area contributed by atoms with Gasteiger partial charge in [0.1, 0.15) is 12.4 Å². The van der Waals surface area contributed by atoms with Crippen molar-refractivity contribution in [2.75, 3.05) is 18.5 Å². The van der Waals surface area contributed by atoms with Crippen molar-refractivity contribution in [3.05, 3.63) is 65.5 Å². The van der Waals surface area contributed by atoms with Gasteiger partial charge in [-0.15, -0.1) is 11.3 Å². The third-order valence-corrected chi connectivity index (χ3v) is 5.03. The number of hydrogen-bond acceptors (Lipinski definition) is 6. The largest absolute Gasteiger partial charge is 0.493 e. The van der Waals surface area contributed by atoms with E-state index >= 15 is 0 Å². The monoisotopic (exact) mass is 439 g/mol. The summed E-state index contributed by atoms with van der Waals surface area (Å²) in [5.74, 6) is 0.608. The summed E-state index contributed by atoms with van der Waals surface area (Å²) in [5.41, 5.74) is 2.57. The fourth-order valence-electron chi connectivity index (χ4n) is 2.81. The van der Waals surface area contributed by atoms with E-state index in [1.165, 1.54) is 11.3 Å². The first kappa shape index (κ1) is 22.3. The van der Waals surface area contributed by atoms with Crippen molar-refractivity contribution >= 4 is 28.5 Å². The first-order valence-corrected chi connectivity index (χ1v) is 11.0. The predicted octanol–water partition coefficient (Wildman–Crippen LogP) is 4.85. The highest BCUT2D eigenvalue weighted by atomic mass is 32.1. The van der Waals surface area contributed by atoms with E-state index in [1.807, 2.05) is 66.9 Å². The van der Waals surface area contributed by atoms with Crippen molar-refractivity contribution in [2.24, 2.45) is 0 Å². The van der Waals surface area contributed by atoms with E-state index in [9.17, 15) is 9.59 Å². The van der Waals surface area contributed by atoms with E-state index in [0.29, 0.717) is 24.7 Å². The van der Waals surface area contributed by atoms with Crippen LogP contribution in [-0.2, 0) is 16.1 Å². The summed E-state index contributed by atoms with van der Waals surface area (Å²) in [6.45, 7) is 3.07. The maximum atomic E-state index is 12.2. The van der Waals surface area contributed by atoms with Crippen molar-refractivity contribution in [2.45, 2.75) is 26.4 Å². The second-order valence-electron chi connectivity index (χ2n) is 6.61. The number of carbonyl (C=O) groups excluding carboxylic acids is 2. The van der Waals surface area contributed by atoms with Gasteiger partial charge in [-0.2, -0.15) is 0 Å². The third-order valence-electron chi connectivity index (χ3n) is 4.28. The SMILES string of the molecule is CCOc1ccccc1-c1csc(NC(=O)CCCNC(=O)OCc2ccccc2)n1. The lowest BCUT2D eigenvalue weighted by Crippen LogP contribution is -2.26. The van der Waals surface area contributed by atoms with Crippen LogP contribution in [0.3, 0.4) is 0 Å². The summed E-state index contributed by atoms with van der Waals surface area (Å²) < 4.78 is 10.8. The molecule has 0 radical (unpaired) electrons. The molecule has 0 fully saturated rings. The Morgan fingerprint density at radius 2 is 1.84 bits per heavy atom. The molecule has 0 saturated carbocycles. The number of amides is 2. The quantitative estimate of drug-likeness (QED) is 0.441. The Bertz CT molecular complexity index is 991. The first-order valence-electron chi connectivity index (χ1n) is 10.1. The number of anilines is 1. The van der Waals surface area contributed by atoms with Crippen LogP contribution in [0.25, 0.3) is 11.3 Å². The second-order valence-corrected chi connectivity index (χ2v) is 7.47. The number of para-hydroxylation sites is 1. The fraction of sp³-hybridized carbons (Fsp3) is 0.261. The van der Waals surface area contributed by atoms with Crippen molar-refractivity contribution in [1.29, 1.82) is 0 Å². The first-order chi connectivity index (χ1) is 15.2. The lowest BCUT2D eigenvalue weighted by molar-refractivity contribution is -0.116.